The Morgan fingerprint density at radius 2 is 2.29 bits per heavy atom. The second kappa shape index (κ2) is 5.21. The smallest absolute Gasteiger partial charge is 0.268 e. The van der Waals surface area contributed by atoms with Gasteiger partial charge in [0.05, 0.1) is 17.2 Å². The number of hydrogen-bond acceptors (Lipinski definition) is 4. The highest BCUT2D eigenvalue weighted by atomic mass is 32.1. The highest BCUT2D eigenvalue weighted by molar-refractivity contribution is 7.11. The Kier molecular flexibility index (Phi) is 3.39. The van der Waals surface area contributed by atoms with E-state index < -0.39 is 0 Å². The molecule has 4 N–H and O–H groups in total. The van der Waals surface area contributed by atoms with Crippen molar-refractivity contribution >= 4 is 33.8 Å². The Morgan fingerprint density at radius 1 is 1.48 bits per heavy atom. The average molecular weight is 300 g/mol. The van der Waals surface area contributed by atoms with Crippen molar-refractivity contribution in [1.29, 1.82) is 0 Å². The SMILES string of the molecule is Cc1cnc(C(C)NC(=O)c2cc3cccc(N)c3[nH]2)s1. The third kappa shape index (κ3) is 2.62. The molecule has 0 saturated carbocycles. The van der Waals surface area contributed by atoms with Crippen LogP contribution in [0.1, 0.15) is 33.3 Å². The second-order valence-electron chi connectivity index (χ2n) is 5.00. The van der Waals surface area contributed by atoms with Gasteiger partial charge in [0.1, 0.15) is 10.7 Å². The Morgan fingerprint density at radius 3 is 2.95 bits per heavy atom. The van der Waals surface area contributed by atoms with E-state index in [9.17, 15) is 4.79 Å². The molecule has 6 heteroatoms. The molecule has 0 spiro atoms. The van der Waals surface area contributed by atoms with Crippen molar-refractivity contribution in [1.82, 2.24) is 15.3 Å². The van der Waals surface area contributed by atoms with E-state index in [1.807, 2.05) is 38.2 Å². The molecule has 108 valence electrons. The summed E-state index contributed by atoms with van der Waals surface area (Å²) < 4.78 is 0. The van der Waals surface area contributed by atoms with Crippen LogP contribution in [0.2, 0.25) is 0 Å². The van der Waals surface area contributed by atoms with Gasteiger partial charge in [-0.25, -0.2) is 4.98 Å². The van der Waals surface area contributed by atoms with Gasteiger partial charge in [0.25, 0.3) is 5.91 Å². The normalized spacial score (nSPS) is 12.5. The van der Waals surface area contributed by atoms with E-state index in [1.54, 1.807) is 17.4 Å². The molecule has 0 aliphatic heterocycles. The van der Waals surface area contributed by atoms with Crippen molar-refractivity contribution < 1.29 is 4.79 Å². The number of nitrogens with zero attached hydrogens (tertiary/aromatic N) is 1. The van der Waals surface area contributed by atoms with E-state index in [0.29, 0.717) is 11.4 Å². The van der Waals surface area contributed by atoms with Gasteiger partial charge in [-0.05, 0) is 26.0 Å². The van der Waals surface area contributed by atoms with E-state index in [4.69, 9.17) is 5.73 Å². The summed E-state index contributed by atoms with van der Waals surface area (Å²) >= 11 is 1.58. The number of amides is 1. The minimum Gasteiger partial charge on any atom is -0.397 e. The number of nitrogens with two attached hydrogens (primary N) is 1. The van der Waals surface area contributed by atoms with E-state index >= 15 is 0 Å². The van der Waals surface area contributed by atoms with Crippen molar-refractivity contribution in [3.63, 3.8) is 0 Å². The Balaban J connectivity index is 1.82. The van der Waals surface area contributed by atoms with Gasteiger partial charge in [0.2, 0.25) is 0 Å². The number of rotatable bonds is 3. The molecule has 1 unspecified atom stereocenters. The van der Waals surface area contributed by atoms with Gasteiger partial charge in [0.15, 0.2) is 0 Å². The second-order valence-corrected chi connectivity index (χ2v) is 6.27. The molecule has 0 fully saturated rings. The van der Waals surface area contributed by atoms with Gasteiger partial charge in [-0.2, -0.15) is 0 Å². The van der Waals surface area contributed by atoms with Crippen LogP contribution in [-0.4, -0.2) is 15.9 Å². The maximum atomic E-state index is 12.3. The number of para-hydroxylation sites is 1. The average Bonchev–Trinajstić information content (AvgIpc) is 3.05. The Hall–Kier alpha value is -2.34. The number of benzene rings is 1. The van der Waals surface area contributed by atoms with Crippen molar-refractivity contribution in [3.05, 3.63) is 46.0 Å². The highest BCUT2D eigenvalue weighted by Gasteiger charge is 2.16. The summed E-state index contributed by atoms with van der Waals surface area (Å²) in [4.78, 5) is 20.8. The summed E-state index contributed by atoms with van der Waals surface area (Å²) in [6, 6.07) is 7.28. The number of nitrogens with one attached hydrogen (secondary N) is 2. The van der Waals surface area contributed by atoms with E-state index in [-0.39, 0.29) is 11.9 Å². The van der Waals surface area contributed by atoms with Crippen LogP contribution in [0.25, 0.3) is 10.9 Å². The molecular formula is C15H16N4OS. The van der Waals surface area contributed by atoms with Crippen molar-refractivity contribution in [2.45, 2.75) is 19.9 Å². The van der Waals surface area contributed by atoms with Gasteiger partial charge in [-0.3, -0.25) is 4.79 Å². The number of nitrogen functional groups attached to an aromatic ring is 1. The maximum absolute atomic E-state index is 12.3. The lowest BCUT2D eigenvalue weighted by molar-refractivity contribution is 0.0935. The van der Waals surface area contributed by atoms with Crippen LogP contribution in [0, 0.1) is 6.92 Å². The zero-order chi connectivity index (χ0) is 15.0. The third-order valence-corrected chi connectivity index (χ3v) is 4.39. The van der Waals surface area contributed by atoms with Gasteiger partial charge < -0.3 is 16.0 Å². The number of aromatic nitrogens is 2. The number of H-pyrrole nitrogens is 1. The van der Waals surface area contributed by atoms with Crippen LogP contribution in [0.3, 0.4) is 0 Å². The minimum absolute atomic E-state index is 0.125. The van der Waals surface area contributed by atoms with Crippen molar-refractivity contribution in [2.24, 2.45) is 0 Å². The van der Waals surface area contributed by atoms with E-state index in [1.165, 1.54) is 0 Å². The fourth-order valence-electron chi connectivity index (χ4n) is 2.21. The van der Waals surface area contributed by atoms with Crippen LogP contribution in [0.15, 0.2) is 30.5 Å². The summed E-state index contributed by atoms with van der Waals surface area (Å²) in [5.74, 6) is -0.161. The molecule has 0 aliphatic rings. The van der Waals surface area contributed by atoms with E-state index in [2.05, 4.69) is 15.3 Å². The molecule has 1 atom stereocenters. The zero-order valence-corrected chi connectivity index (χ0v) is 12.6. The summed E-state index contributed by atoms with van der Waals surface area (Å²) in [5.41, 5.74) is 7.82. The predicted molar refractivity (Wildman–Crippen MR) is 85.4 cm³/mol. The molecule has 0 radical (unpaired) electrons. The lowest BCUT2D eigenvalue weighted by Crippen LogP contribution is -2.26. The standard InChI is InChI=1S/C15H16N4OS/c1-8-7-17-15(21-8)9(2)18-14(20)12-6-10-4-3-5-11(16)13(10)19-12/h3-7,9,19H,16H2,1-2H3,(H,18,20). The number of carbonyl (C=O) groups is 1. The molecule has 1 aromatic carbocycles. The first-order valence-electron chi connectivity index (χ1n) is 6.65. The van der Waals surface area contributed by atoms with Gasteiger partial charge in [-0.1, -0.05) is 12.1 Å². The van der Waals surface area contributed by atoms with Crippen LogP contribution in [-0.2, 0) is 0 Å². The molecule has 5 nitrogen and oxygen atoms in total. The van der Waals surface area contributed by atoms with Crippen molar-refractivity contribution in [3.8, 4) is 0 Å². The number of fused-ring (bicyclic) bond motifs is 1. The minimum atomic E-state index is -0.161. The quantitative estimate of drug-likeness (QED) is 0.650. The molecule has 0 bridgehead atoms. The Labute approximate surface area is 126 Å². The topological polar surface area (TPSA) is 83.8 Å². The lowest BCUT2D eigenvalue weighted by atomic mass is 10.2. The molecule has 3 rings (SSSR count). The molecule has 21 heavy (non-hydrogen) atoms. The molecule has 2 aromatic heterocycles. The lowest BCUT2D eigenvalue weighted by Gasteiger charge is -2.10. The van der Waals surface area contributed by atoms with Gasteiger partial charge in [0, 0.05) is 16.5 Å². The van der Waals surface area contributed by atoms with Gasteiger partial charge >= 0.3 is 0 Å². The number of aromatic amines is 1. The van der Waals surface area contributed by atoms with Crippen LogP contribution >= 0.6 is 11.3 Å². The predicted octanol–water partition coefficient (Wildman–Crippen LogP) is 3.01. The highest BCUT2D eigenvalue weighted by Crippen LogP contribution is 2.22. The molecule has 0 aliphatic carbocycles. The summed E-state index contributed by atoms with van der Waals surface area (Å²) in [6.07, 6.45) is 1.81. The molecular weight excluding hydrogens is 284 g/mol. The Bertz CT molecular complexity index is 805. The monoisotopic (exact) mass is 300 g/mol. The van der Waals surface area contributed by atoms with E-state index in [0.717, 1.165) is 20.8 Å². The fourth-order valence-corrected chi connectivity index (χ4v) is 2.99. The summed E-state index contributed by atoms with van der Waals surface area (Å²) in [5, 5.41) is 4.77. The molecule has 1 amide bonds. The largest absolute Gasteiger partial charge is 0.397 e. The number of hydrogen-bond donors (Lipinski definition) is 3. The maximum Gasteiger partial charge on any atom is 0.268 e. The first-order valence-corrected chi connectivity index (χ1v) is 7.46. The summed E-state index contributed by atoms with van der Waals surface area (Å²) in [7, 11) is 0. The number of carbonyl (C=O) groups excluding carboxylic acids is 1. The molecule has 0 saturated heterocycles. The molecule has 2 heterocycles. The fraction of sp³-hybridized carbons (Fsp3) is 0.200. The first-order chi connectivity index (χ1) is 10.0. The van der Waals surface area contributed by atoms with Crippen LogP contribution in [0.4, 0.5) is 5.69 Å². The van der Waals surface area contributed by atoms with Crippen molar-refractivity contribution in [2.75, 3.05) is 5.73 Å². The summed E-state index contributed by atoms with van der Waals surface area (Å²) in [6.45, 7) is 3.92. The van der Waals surface area contributed by atoms with Crippen LogP contribution in [0.5, 0.6) is 0 Å². The first kappa shape index (κ1) is 13.6. The number of anilines is 1. The third-order valence-electron chi connectivity index (χ3n) is 3.29. The van der Waals surface area contributed by atoms with Crippen LogP contribution < -0.4 is 11.1 Å². The number of aryl methyl sites for hydroxylation is 1. The zero-order valence-electron chi connectivity index (χ0n) is 11.8. The number of thiazole rings is 1. The van der Waals surface area contributed by atoms with Gasteiger partial charge in [-0.15, -0.1) is 11.3 Å². The molecule has 3 aromatic rings.